The Balaban J connectivity index is 1.78. The van der Waals surface area contributed by atoms with Gasteiger partial charge in [-0.3, -0.25) is 19.7 Å². The van der Waals surface area contributed by atoms with Crippen LogP contribution in [0.2, 0.25) is 0 Å². The van der Waals surface area contributed by atoms with Crippen LogP contribution >= 0.6 is 0 Å². The standard InChI is InChI=1S/C25H30N8O2/c1-15-6-7-17(10-21(15)32-8-9-33(16(2)34)25(3,4)24(32)35)20-11-19(18-12-29-31(5)13-18)22(30-20)23(27)28-14-26/h6-7,10-14,30H,8-9H2,1-5H3,(H3,26,27,28). The van der Waals surface area contributed by atoms with E-state index in [1.807, 2.05) is 44.4 Å². The first-order valence-electron chi connectivity index (χ1n) is 11.3. The second-order valence-corrected chi connectivity index (χ2v) is 9.21. The second kappa shape index (κ2) is 8.86. The summed E-state index contributed by atoms with van der Waals surface area (Å²) in [5, 5.41) is 11.6. The quantitative estimate of drug-likeness (QED) is 0.387. The Labute approximate surface area is 203 Å². The van der Waals surface area contributed by atoms with Crippen LogP contribution in [0.4, 0.5) is 5.69 Å². The van der Waals surface area contributed by atoms with Crippen molar-refractivity contribution in [3.8, 4) is 22.4 Å². The van der Waals surface area contributed by atoms with E-state index in [-0.39, 0.29) is 17.6 Å². The van der Waals surface area contributed by atoms with Crippen LogP contribution in [0.25, 0.3) is 22.4 Å². The second-order valence-electron chi connectivity index (χ2n) is 9.21. The molecule has 2 aromatic heterocycles. The number of aryl methyl sites for hydroxylation is 2. The Morgan fingerprint density at radius 2 is 2.00 bits per heavy atom. The van der Waals surface area contributed by atoms with Crippen LogP contribution < -0.4 is 10.6 Å². The van der Waals surface area contributed by atoms with Crippen LogP contribution in [0.1, 0.15) is 32.0 Å². The van der Waals surface area contributed by atoms with E-state index in [4.69, 9.17) is 11.1 Å². The van der Waals surface area contributed by atoms with Gasteiger partial charge in [-0.2, -0.15) is 5.10 Å². The summed E-state index contributed by atoms with van der Waals surface area (Å²) in [6.07, 6.45) is 4.52. The van der Waals surface area contributed by atoms with Gasteiger partial charge in [0.05, 0.1) is 11.9 Å². The minimum Gasteiger partial charge on any atom is -0.382 e. The van der Waals surface area contributed by atoms with E-state index < -0.39 is 5.54 Å². The highest BCUT2D eigenvalue weighted by Gasteiger charge is 2.43. The number of benzene rings is 1. The summed E-state index contributed by atoms with van der Waals surface area (Å²) in [4.78, 5) is 36.2. The molecule has 1 aromatic carbocycles. The van der Waals surface area contributed by atoms with Gasteiger partial charge < -0.3 is 20.5 Å². The summed E-state index contributed by atoms with van der Waals surface area (Å²) in [5.74, 6) is -0.0426. The predicted octanol–water partition coefficient (Wildman–Crippen LogP) is 2.68. The van der Waals surface area contributed by atoms with Gasteiger partial charge in [0.1, 0.15) is 17.7 Å². The number of hydrogen-bond acceptors (Lipinski definition) is 4. The lowest BCUT2D eigenvalue weighted by Gasteiger charge is -2.45. The summed E-state index contributed by atoms with van der Waals surface area (Å²) in [5.41, 5.74) is 10.9. The molecule has 0 aliphatic carbocycles. The molecule has 0 unspecified atom stereocenters. The third-order valence-electron chi connectivity index (χ3n) is 6.47. The molecule has 0 spiro atoms. The normalized spacial score (nSPS) is 16.0. The molecule has 182 valence electrons. The van der Waals surface area contributed by atoms with Crippen LogP contribution in [0, 0.1) is 12.3 Å². The molecule has 10 nitrogen and oxygen atoms in total. The molecule has 3 aromatic rings. The topological polar surface area (TPSA) is 136 Å². The number of piperazine rings is 1. The van der Waals surface area contributed by atoms with Crippen molar-refractivity contribution in [2.45, 2.75) is 33.2 Å². The zero-order valence-electron chi connectivity index (χ0n) is 20.6. The van der Waals surface area contributed by atoms with Gasteiger partial charge in [-0.25, -0.2) is 4.99 Å². The lowest BCUT2D eigenvalue weighted by atomic mass is 9.95. The van der Waals surface area contributed by atoms with Gasteiger partial charge in [-0.15, -0.1) is 0 Å². The highest BCUT2D eigenvalue weighted by molar-refractivity contribution is 6.06. The highest BCUT2D eigenvalue weighted by Crippen LogP contribution is 2.35. The molecule has 1 fully saturated rings. The number of carbonyl (C=O) groups excluding carboxylic acids is 2. The van der Waals surface area contributed by atoms with Crippen LogP contribution in [-0.4, -0.2) is 62.3 Å². The zero-order chi connectivity index (χ0) is 25.5. The molecule has 1 aliphatic heterocycles. The van der Waals surface area contributed by atoms with Crippen LogP contribution in [0.5, 0.6) is 0 Å². The third-order valence-corrected chi connectivity index (χ3v) is 6.47. The molecule has 10 heteroatoms. The maximum Gasteiger partial charge on any atom is 0.252 e. The van der Waals surface area contributed by atoms with E-state index in [2.05, 4.69) is 15.1 Å². The number of anilines is 1. The minimum atomic E-state index is -0.933. The lowest BCUT2D eigenvalue weighted by molar-refractivity contribution is -0.145. The fourth-order valence-electron chi connectivity index (χ4n) is 4.61. The molecule has 0 radical (unpaired) electrons. The molecule has 3 heterocycles. The fourth-order valence-corrected chi connectivity index (χ4v) is 4.61. The fraction of sp³-hybridized carbons (Fsp3) is 0.320. The number of H-pyrrole nitrogens is 1. The van der Waals surface area contributed by atoms with Gasteiger partial charge in [0.25, 0.3) is 5.91 Å². The predicted molar refractivity (Wildman–Crippen MR) is 136 cm³/mol. The van der Waals surface area contributed by atoms with Gasteiger partial charge >= 0.3 is 0 Å². The number of amidine groups is 1. The SMILES string of the molecule is CC(=O)N1CCN(c2cc(-c3cc(-c4cnn(C)c4)c(/C(N)=N\C=N)[nH]3)ccc2C)C(=O)C1(C)C. The number of aliphatic imine (C=N–C) groups is 1. The maximum absolute atomic E-state index is 13.4. The summed E-state index contributed by atoms with van der Waals surface area (Å²) >= 11 is 0. The monoisotopic (exact) mass is 474 g/mol. The average molecular weight is 475 g/mol. The number of rotatable bonds is 5. The van der Waals surface area contributed by atoms with E-state index in [0.29, 0.717) is 18.8 Å². The molecule has 0 bridgehead atoms. The van der Waals surface area contributed by atoms with Gasteiger partial charge in [0.15, 0.2) is 0 Å². The Bertz CT molecular complexity index is 1350. The maximum atomic E-state index is 13.4. The van der Waals surface area contributed by atoms with Crippen molar-refractivity contribution in [1.82, 2.24) is 19.7 Å². The first kappa shape index (κ1) is 23.9. The zero-order valence-corrected chi connectivity index (χ0v) is 20.6. The van der Waals surface area contributed by atoms with Gasteiger partial charge in [0.2, 0.25) is 5.91 Å². The third kappa shape index (κ3) is 4.23. The Hall–Kier alpha value is -4.21. The molecule has 35 heavy (non-hydrogen) atoms. The number of nitrogens with zero attached hydrogens (tertiary/aromatic N) is 5. The summed E-state index contributed by atoms with van der Waals surface area (Å²) in [7, 11) is 1.84. The molecule has 4 rings (SSSR count). The van der Waals surface area contributed by atoms with Crippen molar-refractivity contribution in [2.24, 2.45) is 17.8 Å². The molecule has 0 atom stereocenters. The van der Waals surface area contributed by atoms with Crippen LogP contribution in [-0.2, 0) is 16.6 Å². The lowest BCUT2D eigenvalue weighted by Crippen LogP contribution is -2.64. The summed E-state index contributed by atoms with van der Waals surface area (Å²) in [6, 6.07) is 7.89. The number of aromatic nitrogens is 3. The van der Waals surface area contributed by atoms with Crippen molar-refractivity contribution in [3.05, 3.63) is 47.9 Å². The Morgan fingerprint density at radius 1 is 1.26 bits per heavy atom. The van der Waals surface area contributed by atoms with E-state index in [1.165, 1.54) is 6.92 Å². The average Bonchev–Trinajstić information content (AvgIpc) is 3.42. The smallest absolute Gasteiger partial charge is 0.252 e. The Morgan fingerprint density at radius 3 is 2.63 bits per heavy atom. The molecule has 1 aliphatic rings. The van der Waals surface area contributed by atoms with Crippen molar-refractivity contribution >= 4 is 29.7 Å². The molecule has 1 saturated heterocycles. The molecular formula is C25H30N8O2. The molecule has 0 saturated carbocycles. The summed E-state index contributed by atoms with van der Waals surface area (Å²) in [6.45, 7) is 7.91. The van der Waals surface area contributed by atoms with Crippen molar-refractivity contribution < 1.29 is 9.59 Å². The van der Waals surface area contributed by atoms with E-state index in [9.17, 15) is 9.59 Å². The van der Waals surface area contributed by atoms with Crippen LogP contribution in [0.15, 0.2) is 41.7 Å². The van der Waals surface area contributed by atoms with Crippen molar-refractivity contribution in [1.29, 1.82) is 5.41 Å². The minimum absolute atomic E-state index is 0.112. The summed E-state index contributed by atoms with van der Waals surface area (Å²) < 4.78 is 1.70. The van der Waals surface area contributed by atoms with E-state index in [0.717, 1.165) is 40.0 Å². The number of carbonyl (C=O) groups is 2. The molecule has 2 amide bonds. The first-order chi connectivity index (χ1) is 16.5. The first-order valence-corrected chi connectivity index (χ1v) is 11.3. The number of nitrogens with two attached hydrogens (primary N) is 1. The van der Waals surface area contributed by atoms with E-state index in [1.54, 1.807) is 34.5 Å². The van der Waals surface area contributed by atoms with Gasteiger partial charge in [0, 0.05) is 61.3 Å². The number of amides is 2. The van der Waals surface area contributed by atoms with Gasteiger partial charge in [-0.05, 0) is 38.5 Å². The highest BCUT2D eigenvalue weighted by atomic mass is 16.2. The molecule has 4 N–H and O–H groups in total. The number of hydrogen-bond donors (Lipinski definition) is 3. The van der Waals surface area contributed by atoms with Crippen molar-refractivity contribution in [2.75, 3.05) is 18.0 Å². The van der Waals surface area contributed by atoms with E-state index >= 15 is 0 Å². The van der Waals surface area contributed by atoms with Crippen molar-refractivity contribution in [3.63, 3.8) is 0 Å². The largest absolute Gasteiger partial charge is 0.382 e. The molecular weight excluding hydrogens is 444 g/mol. The Kier molecular flexibility index (Phi) is 6.06. The van der Waals surface area contributed by atoms with Crippen LogP contribution in [0.3, 0.4) is 0 Å². The van der Waals surface area contributed by atoms with Gasteiger partial charge in [-0.1, -0.05) is 12.1 Å². The number of nitrogens with one attached hydrogen (secondary N) is 2. The number of aromatic amines is 1.